The number of Topliss-reactive ketones (excluding diaryl/α,β-unsaturated/α-hetero) is 1. The average Bonchev–Trinajstić information content (AvgIpc) is 3.19. The van der Waals surface area contributed by atoms with Gasteiger partial charge in [0.15, 0.2) is 6.61 Å². The summed E-state index contributed by atoms with van der Waals surface area (Å²) >= 11 is 0. The molecule has 1 aromatic rings. The molecule has 0 N–H and O–H groups in total. The standard InChI is InChI=1S/C26H31F3N2O6/c1-25(2)19-12-31(21(34)14-36-17-7-9-18(10-8-17)37-26(27,28)29)23(22(19)25)24(35)30(3)16(13-32)11-15-5-4-6-20(15)33/h7-10,13,15-16,19,22-23H,4-6,11-12,14H2,1-3H3/t15-,16-,19-,22-,23-/m0/s1. The van der Waals surface area contributed by atoms with Gasteiger partial charge in [0.05, 0.1) is 6.04 Å². The lowest BCUT2D eigenvalue weighted by molar-refractivity contribution is -0.274. The van der Waals surface area contributed by atoms with Crippen LogP contribution in [-0.4, -0.2) is 72.3 Å². The molecule has 11 heteroatoms. The van der Waals surface area contributed by atoms with E-state index in [1.165, 1.54) is 29.0 Å². The summed E-state index contributed by atoms with van der Waals surface area (Å²) in [5, 5.41) is 0. The van der Waals surface area contributed by atoms with Crippen LogP contribution in [-0.2, 0) is 19.2 Å². The third-order valence-corrected chi connectivity index (χ3v) is 8.16. The number of fused-ring (bicyclic) bond motifs is 1. The number of halogens is 3. The third-order valence-electron chi connectivity index (χ3n) is 8.16. The van der Waals surface area contributed by atoms with Crippen LogP contribution in [0.3, 0.4) is 0 Å². The first-order valence-corrected chi connectivity index (χ1v) is 12.4. The highest BCUT2D eigenvalue weighted by molar-refractivity contribution is 5.91. The highest BCUT2D eigenvalue weighted by Crippen LogP contribution is 2.65. The predicted octanol–water partition coefficient (Wildman–Crippen LogP) is 3.23. The quantitative estimate of drug-likeness (QED) is 0.461. The van der Waals surface area contributed by atoms with E-state index in [4.69, 9.17) is 4.74 Å². The molecule has 5 atom stereocenters. The van der Waals surface area contributed by atoms with E-state index in [1.807, 2.05) is 13.8 Å². The molecule has 202 valence electrons. The fourth-order valence-electron chi connectivity index (χ4n) is 5.90. The minimum Gasteiger partial charge on any atom is -0.484 e. The lowest BCUT2D eigenvalue weighted by Crippen LogP contribution is -2.54. The number of amides is 2. The summed E-state index contributed by atoms with van der Waals surface area (Å²) < 4.78 is 46.3. The van der Waals surface area contributed by atoms with Crippen LogP contribution in [0, 0.1) is 23.2 Å². The Labute approximate surface area is 213 Å². The summed E-state index contributed by atoms with van der Waals surface area (Å²) in [4.78, 5) is 53.5. The molecule has 2 aliphatic carbocycles. The van der Waals surface area contributed by atoms with Crippen LogP contribution in [0.15, 0.2) is 24.3 Å². The van der Waals surface area contributed by atoms with Crippen molar-refractivity contribution in [2.45, 2.75) is 58.0 Å². The number of alkyl halides is 3. The molecule has 0 spiro atoms. The smallest absolute Gasteiger partial charge is 0.484 e. The molecule has 2 saturated carbocycles. The number of carbonyl (C=O) groups is 4. The maximum absolute atomic E-state index is 13.6. The Morgan fingerprint density at radius 3 is 2.43 bits per heavy atom. The van der Waals surface area contributed by atoms with Crippen molar-refractivity contribution in [3.63, 3.8) is 0 Å². The number of piperidine rings is 1. The molecule has 0 unspecified atom stereocenters. The second kappa shape index (κ2) is 9.98. The van der Waals surface area contributed by atoms with Gasteiger partial charge in [-0.2, -0.15) is 0 Å². The molecule has 1 saturated heterocycles. The number of ether oxygens (including phenoxy) is 2. The van der Waals surface area contributed by atoms with Crippen LogP contribution >= 0.6 is 0 Å². The average molecular weight is 525 g/mol. The van der Waals surface area contributed by atoms with Crippen molar-refractivity contribution in [3.05, 3.63) is 24.3 Å². The van der Waals surface area contributed by atoms with Gasteiger partial charge in [0.25, 0.3) is 5.91 Å². The monoisotopic (exact) mass is 524 g/mol. The number of nitrogens with zero attached hydrogens (tertiary/aromatic N) is 2. The van der Waals surface area contributed by atoms with E-state index in [9.17, 15) is 32.3 Å². The minimum absolute atomic E-state index is 0.0642. The van der Waals surface area contributed by atoms with Crippen LogP contribution in [0.4, 0.5) is 13.2 Å². The van der Waals surface area contributed by atoms with Crippen molar-refractivity contribution in [1.29, 1.82) is 0 Å². The third kappa shape index (κ3) is 5.60. The van der Waals surface area contributed by atoms with Gasteiger partial charge in [-0.15, -0.1) is 13.2 Å². The van der Waals surface area contributed by atoms with Gasteiger partial charge in [-0.3, -0.25) is 14.4 Å². The van der Waals surface area contributed by atoms with Gasteiger partial charge in [0.1, 0.15) is 29.6 Å². The molecule has 8 nitrogen and oxygen atoms in total. The minimum atomic E-state index is -4.81. The van der Waals surface area contributed by atoms with Crippen molar-refractivity contribution in [3.8, 4) is 11.5 Å². The Kier molecular flexibility index (Phi) is 7.27. The SMILES string of the molecule is CN(C(=O)[C@@H]1[C@@H]2[C@H](CN1C(=O)COc1ccc(OC(F)(F)F)cc1)C2(C)C)[C@H](C=O)C[C@@H]1CCCC1=O. The van der Waals surface area contributed by atoms with E-state index < -0.39 is 36.7 Å². The largest absolute Gasteiger partial charge is 0.573 e. The number of ketones is 1. The Balaban J connectivity index is 1.41. The van der Waals surface area contributed by atoms with Crippen molar-refractivity contribution in [2.75, 3.05) is 20.2 Å². The molecule has 0 aromatic heterocycles. The number of hydrogen-bond donors (Lipinski definition) is 0. The van der Waals surface area contributed by atoms with Crippen LogP contribution in [0.2, 0.25) is 0 Å². The van der Waals surface area contributed by atoms with Crippen LogP contribution in [0.1, 0.15) is 39.5 Å². The first kappa shape index (κ1) is 26.9. The molecule has 1 aliphatic heterocycles. The van der Waals surface area contributed by atoms with Crippen LogP contribution < -0.4 is 9.47 Å². The van der Waals surface area contributed by atoms with E-state index >= 15 is 0 Å². The Morgan fingerprint density at radius 1 is 1.22 bits per heavy atom. The summed E-state index contributed by atoms with van der Waals surface area (Å²) in [5.74, 6) is -1.07. The number of carbonyl (C=O) groups excluding carboxylic acids is 4. The number of benzene rings is 1. The Bertz CT molecular complexity index is 1060. The van der Waals surface area contributed by atoms with Gasteiger partial charge in [-0.25, -0.2) is 0 Å². The number of aldehydes is 1. The van der Waals surface area contributed by atoms with Gasteiger partial charge < -0.3 is 24.1 Å². The highest BCUT2D eigenvalue weighted by Gasteiger charge is 2.69. The lowest BCUT2D eigenvalue weighted by atomic mass is 9.96. The van der Waals surface area contributed by atoms with E-state index in [1.54, 1.807) is 0 Å². The van der Waals surface area contributed by atoms with Crippen LogP contribution in [0.5, 0.6) is 11.5 Å². The first-order chi connectivity index (χ1) is 17.3. The lowest BCUT2D eigenvalue weighted by Gasteiger charge is -2.35. The highest BCUT2D eigenvalue weighted by atomic mass is 19.4. The van der Waals surface area contributed by atoms with Crippen molar-refractivity contribution >= 4 is 23.9 Å². The fraction of sp³-hybridized carbons (Fsp3) is 0.615. The number of likely N-dealkylation sites (N-methyl/N-ethyl adjacent to an activating group) is 1. The number of likely N-dealkylation sites (tertiary alicyclic amines) is 1. The summed E-state index contributed by atoms with van der Waals surface area (Å²) in [5.41, 5.74) is -0.134. The maximum atomic E-state index is 13.6. The second-order valence-corrected chi connectivity index (χ2v) is 10.7. The molecule has 1 aromatic carbocycles. The Morgan fingerprint density at radius 2 is 1.86 bits per heavy atom. The molecule has 0 bridgehead atoms. The van der Waals surface area contributed by atoms with E-state index in [0.29, 0.717) is 25.7 Å². The normalized spacial score (nSPS) is 26.9. The first-order valence-electron chi connectivity index (χ1n) is 12.4. The molecule has 3 aliphatic rings. The van der Waals surface area contributed by atoms with Crippen molar-refractivity contribution in [2.24, 2.45) is 23.2 Å². The predicted molar refractivity (Wildman–Crippen MR) is 124 cm³/mol. The van der Waals surface area contributed by atoms with E-state index in [-0.39, 0.29) is 47.0 Å². The molecule has 3 fully saturated rings. The van der Waals surface area contributed by atoms with E-state index in [0.717, 1.165) is 18.6 Å². The second-order valence-electron chi connectivity index (χ2n) is 10.7. The summed E-state index contributed by atoms with van der Waals surface area (Å²) in [6.07, 6.45) is -1.86. The molecule has 37 heavy (non-hydrogen) atoms. The molecule has 0 radical (unpaired) electrons. The molecule has 2 amide bonds. The summed E-state index contributed by atoms with van der Waals surface area (Å²) in [7, 11) is 1.53. The van der Waals surface area contributed by atoms with Crippen molar-refractivity contribution in [1.82, 2.24) is 9.80 Å². The van der Waals surface area contributed by atoms with Gasteiger partial charge >= 0.3 is 6.36 Å². The molecular formula is C26H31F3N2O6. The summed E-state index contributed by atoms with van der Waals surface area (Å²) in [6.45, 7) is 4.05. The Hall–Kier alpha value is -3.11. The zero-order valence-corrected chi connectivity index (χ0v) is 21.0. The van der Waals surface area contributed by atoms with E-state index in [2.05, 4.69) is 4.74 Å². The van der Waals surface area contributed by atoms with Crippen LogP contribution in [0.25, 0.3) is 0 Å². The van der Waals surface area contributed by atoms with Gasteiger partial charge in [-0.05, 0) is 60.8 Å². The van der Waals surface area contributed by atoms with Gasteiger partial charge in [0, 0.05) is 25.9 Å². The zero-order chi connectivity index (χ0) is 27.1. The number of rotatable bonds is 9. The fourth-order valence-corrected chi connectivity index (χ4v) is 5.90. The number of hydrogen-bond acceptors (Lipinski definition) is 6. The maximum Gasteiger partial charge on any atom is 0.573 e. The van der Waals surface area contributed by atoms with Crippen molar-refractivity contribution < 1.29 is 41.8 Å². The molecule has 4 rings (SSSR count). The summed E-state index contributed by atoms with van der Waals surface area (Å²) in [6, 6.07) is 3.16. The molecular weight excluding hydrogens is 493 g/mol. The van der Waals surface area contributed by atoms with Gasteiger partial charge in [-0.1, -0.05) is 13.8 Å². The zero-order valence-electron chi connectivity index (χ0n) is 21.0. The van der Waals surface area contributed by atoms with Gasteiger partial charge in [0.2, 0.25) is 5.91 Å². The molecule has 1 heterocycles. The topological polar surface area (TPSA) is 93.2 Å².